The molecular weight excluding hydrogens is 282 g/mol. The van der Waals surface area contributed by atoms with E-state index in [-0.39, 0.29) is 23.6 Å². The summed E-state index contributed by atoms with van der Waals surface area (Å²) in [5, 5.41) is 23.0. The third-order valence-corrected chi connectivity index (χ3v) is 3.46. The van der Waals surface area contributed by atoms with Crippen molar-refractivity contribution in [3.8, 4) is 5.75 Å². The van der Waals surface area contributed by atoms with E-state index in [9.17, 15) is 14.7 Å². The number of aliphatic carboxylic acids is 1. The van der Waals surface area contributed by atoms with E-state index in [1.807, 2.05) is 24.3 Å². The van der Waals surface area contributed by atoms with Gasteiger partial charge in [0.1, 0.15) is 5.75 Å². The lowest BCUT2D eigenvalue weighted by atomic mass is 10.1. The molecule has 0 heterocycles. The number of carbonyl (C=O) groups excluding carboxylic acids is 1. The summed E-state index contributed by atoms with van der Waals surface area (Å²) in [5.41, 5.74) is 0.254. The zero-order chi connectivity index (χ0) is 15.9. The van der Waals surface area contributed by atoms with Crippen LogP contribution in [-0.2, 0) is 4.79 Å². The van der Waals surface area contributed by atoms with Crippen molar-refractivity contribution in [3.05, 3.63) is 42.0 Å². The topological polar surface area (TPSA) is 86.6 Å². The molecule has 0 radical (unpaired) electrons. The number of fused-ring (bicyclic) bond motifs is 1. The molecule has 1 amide bonds. The van der Waals surface area contributed by atoms with E-state index in [0.29, 0.717) is 19.4 Å². The molecule has 0 bridgehead atoms. The van der Waals surface area contributed by atoms with Crippen LogP contribution in [0.1, 0.15) is 36.0 Å². The summed E-state index contributed by atoms with van der Waals surface area (Å²) in [6.07, 6.45) is 2.22. The SMILES string of the molecule is O=C(O)CCCCCNC(=O)c1cc2ccccc2cc1O. The van der Waals surface area contributed by atoms with E-state index in [1.165, 1.54) is 0 Å². The molecule has 116 valence electrons. The third-order valence-electron chi connectivity index (χ3n) is 3.46. The van der Waals surface area contributed by atoms with Crippen LogP contribution < -0.4 is 5.32 Å². The smallest absolute Gasteiger partial charge is 0.303 e. The number of phenols is 1. The van der Waals surface area contributed by atoms with Gasteiger partial charge in [0.15, 0.2) is 0 Å². The van der Waals surface area contributed by atoms with Crippen LogP contribution in [0.3, 0.4) is 0 Å². The molecule has 0 aliphatic heterocycles. The minimum atomic E-state index is -0.801. The highest BCUT2D eigenvalue weighted by atomic mass is 16.4. The number of aromatic hydroxyl groups is 1. The van der Waals surface area contributed by atoms with Crippen LogP contribution in [0.4, 0.5) is 0 Å². The van der Waals surface area contributed by atoms with Crippen molar-refractivity contribution in [2.24, 2.45) is 0 Å². The Hall–Kier alpha value is -2.56. The van der Waals surface area contributed by atoms with Gasteiger partial charge in [0.2, 0.25) is 0 Å². The first kappa shape index (κ1) is 15.8. The molecule has 0 saturated heterocycles. The number of phenolic OH excluding ortho intramolecular Hbond substituents is 1. The second-order valence-electron chi connectivity index (χ2n) is 5.18. The number of hydrogen-bond donors (Lipinski definition) is 3. The van der Waals surface area contributed by atoms with Gasteiger partial charge in [-0.15, -0.1) is 0 Å². The number of benzene rings is 2. The number of carboxylic acid groups (broad SMARTS) is 1. The van der Waals surface area contributed by atoms with Crippen LogP contribution in [0.15, 0.2) is 36.4 Å². The summed E-state index contributed by atoms with van der Waals surface area (Å²) >= 11 is 0. The van der Waals surface area contributed by atoms with Crippen molar-refractivity contribution in [1.82, 2.24) is 5.32 Å². The Morgan fingerprint density at radius 2 is 1.68 bits per heavy atom. The third kappa shape index (κ3) is 4.22. The Bertz CT molecular complexity index is 681. The standard InChI is InChI=1S/C17H19NO4/c19-15-11-13-7-4-3-6-12(13)10-14(15)17(22)18-9-5-1-2-8-16(20)21/h3-4,6-7,10-11,19H,1-2,5,8-9H2,(H,18,22)(H,20,21). The number of hydrogen-bond acceptors (Lipinski definition) is 3. The fraction of sp³-hybridized carbons (Fsp3) is 0.294. The molecule has 0 aliphatic rings. The van der Waals surface area contributed by atoms with Crippen molar-refractivity contribution < 1.29 is 19.8 Å². The van der Waals surface area contributed by atoms with Gasteiger partial charge in [-0.2, -0.15) is 0 Å². The second-order valence-corrected chi connectivity index (χ2v) is 5.18. The number of carboxylic acids is 1. The fourth-order valence-electron chi connectivity index (χ4n) is 2.29. The molecule has 0 spiro atoms. The number of amides is 1. The molecular formula is C17H19NO4. The Morgan fingerprint density at radius 1 is 1.00 bits per heavy atom. The Kier molecular flexibility index (Phi) is 5.36. The maximum Gasteiger partial charge on any atom is 0.303 e. The molecule has 2 aromatic rings. The predicted molar refractivity (Wildman–Crippen MR) is 84.0 cm³/mol. The molecule has 22 heavy (non-hydrogen) atoms. The summed E-state index contributed by atoms with van der Waals surface area (Å²) in [7, 11) is 0. The van der Waals surface area contributed by atoms with Crippen LogP contribution in [-0.4, -0.2) is 28.6 Å². The number of carbonyl (C=O) groups is 2. The van der Waals surface area contributed by atoms with Gasteiger partial charge in [-0.1, -0.05) is 30.7 Å². The van der Waals surface area contributed by atoms with Gasteiger partial charge in [-0.25, -0.2) is 0 Å². The van der Waals surface area contributed by atoms with Crippen LogP contribution >= 0.6 is 0 Å². The molecule has 0 aromatic heterocycles. The van der Waals surface area contributed by atoms with Crippen LogP contribution in [0.5, 0.6) is 5.75 Å². The monoisotopic (exact) mass is 301 g/mol. The van der Waals surface area contributed by atoms with E-state index < -0.39 is 5.97 Å². The quantitative estimate of drug-likeness (QED) is 0.686. The summed E-state index contributed by atoms with van der Waals surface area (Å²) in [4.78, 5) is 22.5. The van der Waals surface area contributed by atoms with Crippen LogP contribution in [0.25, 0.3) is 10.8 Å². The summed E-state index contributed by atoms with van der Waals surface area (Å²) in [6.45, 7) is 0.463. The maximum atomic E-state index is 12.1. The molecule has 0 aliphatic carbocycles. The van der Waals surface area contributed by atoms with Crippen LogP contribution in [0, 0.1) is 0 Å². The van der Waals surface area contributed by atoms with Gasteiger partial charge >= 0.3 is 5.97 Å². The van der Waals surface area contributed by atoms with E-state index in [2.05, 4.69) is 5.32 Å². The van der Waals surface area contributed by atoms with Gasteiger partial charge in [-0.3, -0.25) is 9.59 Å². The Morgan fingerprint density at radius 3 is 2.36 bits per heavy atom. The van der Waals surface area contributed by atoms with Gasteiger partial charge < -0.3 is 15.5 Å². The lowest BCUT2D eigenvalue weighted by Gasteiger charge is -2.08. The van der Waals surface area contributed by atoms with Gasteiger partial charge in [0, 0.05) is 13.0 Å². The van der Waals surface area contributed by atoms with E-state index in [0.717, 1.165) is 17.2 Å². The summed E-state index contributed by atoms with van der Waals surface area (Å²) in [6, 6.07) is 10.8. The summed E-state index contributed by atoms with van der Waals surface area (Å²) in [5.74, 6) is -1.16. The highest BCUT2D eigenvalue weighted by Gasteiger charge is 2.11. The zero-order valence-corrected chi connectivity index (χ0v) is 12.2. The molecule has 5 heteroatoms. The lowest BCUT2D eigenvalue weighted by Crippen LogP contribution is -2.24. The highest BCUT2D eigenvalue weighted by molar-refractivity contribution is 6.01. The van der Waals surface area contributed by atoms with Crippen molar-refractivity contribution in [2.75, 3.05) is 6.54 Å². The van der Waals surface area contributed by atoms with Crippen molar-refractivity contribution in [2.45, 2.75) is 25.7 Å². The maximum absolute atomic E-state index is 12.1. The van der Waals surface area contributed by atoms with Gasteiger partial charge in [0.25, 0.3) is 5.91 Å². The Balaban J connectivity index is 1.90. The molecule has 3 N–H and O–H groups in total. The number of rotatable bonds is 7. The zero-order valence-electron chi connectivity index (χ0n) is 12.2. The first-order valence-electron chi connectivity index (χ1n) is 7.29. The van der Waals surface area contributed by atoms with Crippen molar-refractivity contribution in [3.63, 3.8) is 0 Å². The van der Waals surface area contributed by atoms with Crippen LogP contribution in [0.2, 0.25) is 0 Å². The fourth-order valence-corrected chi connectivity index (χ4v) is 2.29. The number of nitrogens with one attached hydrogen (secondary N) is 1. The van der Waals surface area contributed by atoms with Gasteiger partial charge in [-0.05, 0) is 35.7 Å². The molecule has 0 atom stereocenters. The largest absolute Gasteiger partial charge is 0.507 e. The predicted octanol–water partition coefficient (Wildman–Crippen LogP) is 2.92. The van der Waals surface area contributed by atoms with E-state index >= 15 is 0 Å². The average Bonchev–Trinajstić information content (AvgIpc) is 2.49. The second kappa shape index (κ2) is 7.45. The minimum Gasteiger partial charge on any atom is -0.507 e. The highest BCUT2D eigenvalue weighted by Crippen LogP contribution is 2.24. The lowest BCUT2D eigenvalue weighted by molar-refractivity contribution is -0.137. The molecule has 2 rings (SSSR count). The van der Waals surface area contributed by atoms with E-state index in [4.69, 9.17) is 5.11 Å². The van der Waals surface area contributed by atoms with Crippen molar-refractivity contribution >= 4 is 22.6 Å². The van der Waals surface area contributed by atoms with Gasteiger partial charge in [0.05, 0.1) is 5.56 Å². The first-order chi connectivity index (χ1) is 10.6. The number of unbranched alkanes of at least 4 members (excludes halogenated alkanes) is 2. The summed E-state index contributed by atoms with van der Waals surface area (Å²) < 4.78 is 0. The van der Waals surface area contributed by atoms with Crippen molar-refractivity contribution in [1.29, 1.82) is 0 Å². The molecule has 2 aromatic carbocycles. The average molecular weight is 301 g/mol. The first-order valence-corrected chi connectivity index (χ1v) is 7.29. The molecule has 0 unspecified atom stereocenters. The minimum absolute atomic E-state index is 0.0397. The Labute approximate surface area is 128 Å². The van der Waals surface area contributed by atoms with E-state index in [1.54, 1.807) is 12.1 Å². The normalized spacial score (nSPS) is 10.5. The molecule has 0 saturated carbocycles. The molecule has 0 fully saturated rings. The molecule has 5 nitrogen and oxygen atoms in total.